The van der Waals surface area contributed by atoms with E-state index in [0.29, 0.717) is 5.96 Å². The maximum Gasteiger partial charge on any atom is 0.198 e. The van der Waals surface area contributed by atoms with Gasteiger partial charge in [0.1, 0.15) is 0 Å². The molecule has 3 rings (SSSR count). The molecule has 0 aliphatic rings. The number of guanidine groups is 1. The molecule has 0 saturated heterocycles. The van der Waals surface area contributed by atoms with Gasteiger partial charge in [0.2, 0.25) is 0 Å². The standard InChI is InChI=1S/C18H17N3/c1-13-7-2-5-11-16(13)20-18(19)21-17-12-6-9-14-8-3-4-10-15(14)17/h2-12H,1H3,(H3,19,20,21). The average molecular weight is 275 g/mol. The van der Waals surface area contributed by atoms with E-state index in [2.05, 4.69) is 28.5 Å². The van der Waals surface area contributed by atoms with Crippen LogP contribution in [0.4, 0.5) is 11.4 Å². The zero-order valence-electron chi connectivity index (χ0n) is 11.9. The minimum absolute atomic E-state index is 0.389. The van der Waals surface area contributed by atoms with E-state index in [0.717, 1.165) is 22.3 Å². The van der Waals surface area contributed by atoms with Gasteiger partial charge in [0.05, 0.1) is 5.69 Å². The van der Waals surface area contributed by atoms with Crippen LogP contribution < -0.4 is 11.1 Å². The van der Waals surface area contributed by atoms with Crippen molar-refractivity contribution in [2.24, 2.45) is 10.7 Å². The predicted octanol–water partition coefficient (Wildman–Crippen LogP) is 4.21. The minimum atomic E-state index is 0.389. The number of aryl methyl sites for hydroxylation is 1. The fourth-order valence-corrected chi connectivity index (χ4v) is 2.32. The van der Waals surface area contributed by atoms with E-state index in [1.807, 2.05) is 55.5 Å². The molecular weight excluding hydrogens is 258 g/mol. The normalized spacial score (nSPS) is 11.6. The largest absolute Gasteiger partial charge is 0.369 e. The van der Waals surface area contributed by atoms with Crippen molar-refractivity contribution in [3.05, 3.63) is 72.3 Å². The lowest BCUT2D eigenvalue weighted by Crippen LogP contribution is -2.22. The number of nitrogens with one attached hydrogen (secondary N) is 1. The molecule has 3 N–H and O–H groups in total. The first kappa shape index (κ1) is 13.2. The second kappa shape index (κ2) is 5.67. The van der Waals surface area contributed by atoms with Crippen LogP contribution in [0.25, 0.3) is 10.8 Å². The maximum atomic E-state index is 6.04. The van der Waals surface area contributed by atoms with Crippen LogP contribution in [0.2, 0.25) is 0 Å². The highest BCUT2D eigenvalue weighted by molar-refractivity contribution is 6.03. The first-order valence-corrected chi connectivity index (χ1v) is 6.88. The number of anilines is 1. The van der Waals surface area contributed by atoms with Gasteiger partial charge in [-0.3, -0.25) is 0 Å². The van der Waals surface area contributed by atoms with Crippen molar-refractivity contribution in [2.45, 2.75) is 6.92 Å². The Balaban J connectivity index is 1.93. The van der Waals surface area contributed by atoms with Gasteiger partial charge in [-0.2, -0.15) is 0 Å². The molecule has 21 heavy (non-hydrogen) atoms. The smallest absolute Gasteiger partial charge is 0.198 e. The Morgan fingerprint density at radius 1 is 0.905 bits per heavy atom. The Morgan fingerprint density at radius 2 is 1.62 bits per heavy atom. The summed E-state index contributed by atoms with van der Waals surface area (Å²) in [6, 6.07) is 22.2. The Hall–Kier alpha value is -2.81. The van der Waals surface area contributed by atoms with Gasteiger partial charge >= 0.3 is 0 Å². The van der Waals surface area contributed by atoms with Gasteiger partial charge < -0.3 is 11.1 Å². The van der Waals surface area contributed by atoms with E-state index in [9.17, 15) is 0 Å². The van der Waals surface area contributed by atoms with Gasteiger partial charge in [0.25, 0.3) is 0 Å². The second-order valence-electron chi connectivity index (χ2n) is 4.94. The molecule has 0 atom stereocenters. The molecule has 3 aromatic rings. The van der Waals surface area contributed by atoms with Crippen LogP contribution >= 0.6 is 0 Å². The van der Waals surface area contributed by atoms with Gasteiger partial charge in [0, 0.05) is 11.1 Å². The Bertz CT molecular complexity index is 801. The van der Waals surface area contributed by atoms with Crippen LogP contribution in [0.1, 0.15) is 5.56 Å². The molecule has 0 aliphatic carbocycles. The topological polar surface area (TPSA) is 50.4 Å². The molecule has 0 radical (unpaired) electrons. The van der Waals surface area contributed by atoms with E-state index in [-0.39, 0.29) is 0 Å². The Labute approximate surface area is 124 Å². The van der Waals surface area contributed by atoms with Crippen molar-refractivity contribution in [1.82, 2.24) is 0 Å². The number of nitrogens with zero attached hydrogens (tertiary/aromatic N) is 1. The van der Waals surface area contributed by atoms with Crippen LogP contribution in [0.15, 0.2) is 71.7 Å². The number of fused-ring (bicyclic) bond motifs is 1. The summed E-state index contributed by atoms with van der Waals surface area (Å²) in [5, 5.41) is 5.49. The van der Waals surface area contributed by atoms with Crippen molar-refractivity contribution < 1.29 is 0 Å². The summed E-state index contributed by atoms with van der Waals surface area (Å²) in [5.74, 6) is 0.389. The molecule has 0 unspecified atom stereocenters. The fraction of sp³-hybridized carbons (Fsp3) is 0.0556. The molecular formula is C18H17N3. The predicted molar refractivity (Wildman–Crippen MR) is 90.0 cm³/mol. The van der Waals surface area contributed by atoms with E-state index >= 15 is 0 Å². The van der Waals surface area contributed by atoms with Gasteiger partial charge in [0.15, 0.2) is 5.96 Å². The maximum absolute atomic E-state index is 6.04. The van der Waals surface area contributed by atoms with Crippen LogP contribution in [0, 0.1) is 6.92 Å². The number of hydrogen-bond donors (Lipinski definition) is 2. The SMILES string of the molecule is Cc1ccccc1N=C(N)Nc1cccc2ccccc12. The summed E-state index contributed by atoms with van der Waals surface area (Å²) >= 11 is 0. The van der Waals surface area contributed by atoms with E-state index in [1.165, 1.54) is 5.39 Å². The van der Waals surface area contributed by atoms with Crippen molar-refractivity contribution in [3.63, 3.8) is 0 Å². The molecule has 0 saturated carbocycles. The lowest BCUT2D eigenvalue weighted by atomic mass is 10.1. The van der Waals surface area contributed by atoms with Gasteiger partial charge in [-0.25, -0.2) is 4.99 Å². The molecule has 104 valence electrons. The quantitative estimate of drug-likeness (QED) is 0.544. The van der Waals surface area contributed by atoms with Crippen LogP contribution in [-0.2, 0) is 0 Å². The molecule has 0 fully saturated rings. The molecule has 0 amide bonds. The van der Waals surface area contributed by atoms with E-state index in [1.54, 1.807) is 0 Å². The number of nitrogens with two attached hydrogens (primary N) is 1. The third-order valence-electron chi connectivity index (χ3n) is 3.41. The lowest BCUT2D eigenvalue weighted by molar-refractivity contribution is 1.37. The first-order valence-electron chi connectivity index (χ1n) is 6.88. The fourth-order valence-electron chi connectivity index (χ4n) is 2.32. The number of aliphatic imine (C=N–C) groups is 1. The molecule has 3 nitrogen and oxygen atoms in total. The molecule has 3 aromatic carbocycles. The zero-order chi connectivity index (χ0) is 14.7. The average Bonchev–Trinajstić information content (AvgIpc) is 2.50. The van der Waals surface area contributed by atoms with Crippen molar-refractivity contribution >= 4 is 28.1 Å². The van der Waals surface area contributed by atoms with E-state index in [4.69, 9.17) is 5.73 Å². The summed E-state index contributed by atoms with van der Waals surface area (Å²) < 4.78 is 0. The molecule has 0 bridgehead atoms. The Morgan fingerprint density at radius 3 is 2.48 bits per heavy atom. The highest BCUT2D eigenvalue weighted by Gasteiger charge is 2.02. The van der Waals surface area contributed by atoms with Gasteiger partial charge in [-0.15, -0.1) is 0 Å². The molecule has 0 heterocycles. The lowest BCUT2D eigenvalue weighted by Gasteiger charge is -2.09. The third-order valence-corrected chi connectivity index (χ3v) is 3.41. The first-order chi connectivity index (χ1) is 10.2. The van der Waals surface area contributed by atoms with Crippen molar-refractivity contribution in [2.75, 3.05) is 5.32 Å². The second-order valence-corrected chi connectivity index (χ2v) is 4.94. The third kappa shape index (κ3) is 2.87. The van der Waals surface area contributed by atoms with E-state index < -0.39 is 0 Å². The minimum Gasteiger partial charge on any atom is -0.369 e. The summed E-state index contributed by atoms with van der Waals surface area (Å²) in [6.07, 6.45) is 0. The molecule has 0 aliphatic heterocycles. The Kier molecular flexibility index (Phi) is 3.56. The number of benzene rings is 3. The van der Waals surface area contributed by atoms with Gasteiger partial charge in [-0.1, -0.05) is 54.6 Å². The highest BCUT2D eigenvalue weighted by atomic mass is 15.1. The van der Waals surface area contributed by atoms with Gasteiger partial charge in [-0.05, 0) is 30.0 Å². The molecule has 3 heteroatoms. The summed E-state index contributed by atoms with van der Waals surface area (Å²) in [7, 11) is 0. The van der Waals surface area contributed by atoms with Crippen molar-refractivity contribution in [1.29, 1.82) is 0 Å². The number of para-hydroxylation sites is 1. The molecule has 0 aromatic heterocycles. The monoisotopic (exact) mass is 275 g/mol. The molecule has 0 spiro atoms. The summed E-state index contributed by atoms with van der Waals surface area (Å²) in [6.45, 7) is 2.02. The number of hydrogen-bond acceptors (Lipinski definition) is 1. The van der Waals surface area contributed by atoms with Crippen LogP contribution in [0.5, 0.6) is 0 Å². The van der Waals surface area contributed by atoms with Crippen LogP contribution in [-0.4, -0.2) is 5.96 Å². The van der Waals surface area contributed by atoms with Crippen LogP contribution in [0.3, 0.4) is 0 Å². The van der Waals surface area contributed by atoms with Crippen molar-refractivity contribution in [3.8, 4) is 0 Å². The number of rotatable bonds is 2. The summed E-state index contributed by atoms with van der Waals surface area (Å²) in [5.41, 5.74) is 8.97. The zero-order valence-corrected chi connectivity index (χ0v) is 11.9. The highest BCUT2D eigenvalue weighted by Crippen LogP contribution is 2.23. The summed E-state index contributed by atoms with van der Waals surface area (Å²) in [4.78, 5) is 4.44.